The number of likely N-dealkylation sites (N-methyl/N-ethyl adjacent to an activating group) is 1. The van der Waals surface area contributed by atoms with Crippen LogP contribution >= 0.6 is 0 Å². The van der Waals surface area contributed by atoms with Gasteiger partial charge in [0, 0.05) is 31.0 Å². The number of likely N-dealkylation sites (tertiary alicyclic amines) is 1. The molecule has 3 aromatic rings. The molecule has 1 N–H and O–H groups in total. The molecule has 0 bridgehead atoms. The first kappa shape index (κ1) is 23.0. The molecule has 7 heteroatoms. The third-order valence-corrected chi connectivity index (χ3v) is 6.24. The molecule has 0 aliphatic carbocycles. The van der Waals surface area contributed by atoms with E-state index in [1.54, 1.807) is 23.9 Å². The van der Waals surface area contributed by atoms with E-state index in [1.165, 1.54) is 18.6 Å². The molecule has 1 aliphatic rings. The number of carbonyl (C=O) groups excluding carboxylic acids is 1. The number of carbonyl (C=O) groups is 1. The summed E-state index contributed by atoms with van der Waals surface area (Å²) < 4.78 is 20.6. The van der Waals surface area contributed by atoms with Gasteiger partial charge in [-0.1, -0.05) is 19.1 Å². The first-order valence-corrected chi connectivity index (χ1v) is 11.6. The number of hydrogen-bond acceptors (Lipinski definition) is 4. The molecule has 2 aromatic carbocycles. The first-order chi connectivity index (χ1) is 16.1. The van der Waals surface area contributed by atoms with E-state index in [0.29, 0.717) is 25.4 Å². The minimum Gasteiger partial charge on any atom is -0.497 e. The minimum atomic E-state index is -0.297. The number of amides is 1. The van der Waals surface area contributed by atoms with Crippen molar-refractivity contribution in [2.24, 2.45) is 0 Å². The molecule has 0 radical (unpaired) electrons. The van der Waals surface area contributed by atoms with Gasteiger partial charge < -0.3 is 10.1 Å². The summed E-state index contributed by atoms with van der Waals surface area (Å²) in [5.74, 6) is 0.486. The molecule has 1 unspecified atom stereocenters. The molecule has 1 aliphatic heterocycles. The van der Waals surface area contributed by atoms with Crippen molar-refractivity contribution in [3.63, 3.8) is 0 Å². The molecule has 1 aromatic heterocycles. The van der Waals surface area contributed by atoms with Gasteiger partial charge in [-0.2, -0.15) is 5.10 Å². The fraction of sp³-hybridized carbons (Fsp3) is 0.385. The first-order valence-electron chi connectivity index (χ1n) is 11.6. The van der Waals surface area contributed by atoms with Crippen LogP contribution in [0.4, 0.5) is 4.39 Å². The molecule has 1 fully saturated rings. The molecule has 1 atom stereocenters. The number of methoxy groups -OCH3 is 1. The van der Waals surface area contributed by atoms with Gasteiger partial charge in [0.2, 0.25) is 5.91 Å². The molecule has 0 spiro atoms. The summed E-state index contributed by atoms with van der Waals surface area (Å²) in [6.07, 6.45) is 3.23. The lowest BCUT2D eigenvalue weighted by Gasteiger charge is -2.22. The van der Waals surface area contributed by atoms with Crippen LogP contribution in [-0.4, -0.2) is 53.4 Å². The number of aromatic nitrogens is 2. The minimum absolute atomic E-state index is 0.0391. The van der Waals surface area contributed by atoms with E-state index in [2.05, 4.69) is 17.1 Å². The fourth-order valence-electron chi connectivity index (χ4n) is 4.42. The number of nitrogens with one attached hydrogen (secondary N) is 1. The Morgan fingerprint density at radius 3 is 2.79 bits per heavy atom. The Hall–Kier alpha value is -3.19. The Kier molecular flexibility index (Phi) is 7.40. The molecule has 6 nitrogen and oxygen atoms in total. The van der Waals surface area contributed by atoms with Crippen molar-refractivity contribution in [1.29, 1.82) is 0 Å². The van der Waals surface area contributed by atoms with E-state index < -0.39 is 0 Å². The summed E-state index contributed by atoms with van der Waals surface area (Å²) >= 11 is 0. The Morgan fingerprint density at radius 1 is 1.21 bits per heavy atom. The Morgan fingerprint density at radius 2 is 2.03 bits per heavy atom. The summed E-state index contributed by atoms with van der Waals surface area (Å²) in [5.41, 5.74) is 3.36. The fourth-order valence-corrected chi connectivity index (χ4v) is 4.42. The maximum absolute atomic E-state index is 13.5. The van der Waals surface area contributed by atoms with Gasteiger partial charge >= 0.3 is 0 Å². The molecule has 2 heterocycles. The Balaban J connectivity index is 1.49. The number of hydrogen-bond donors (Lipinski definition) is 1. The van der Waals surface area contributed by atoms with Crippen LogP contribution in [-0.2, 0) is 11.2 Å². The van der Waals surface area contributed by atoms with Crippen molar-refractivity contribution in [3.05, 3.63) is 66.1 Å². The van der Waals surface area contributed by atoms with Crippen molar-refractivity contribution >= 4 is 5.91 Å². The molecule has 0 saturated carbocycles. The topological polar surface area (TPSA) is 59.4 Å². The number of ether oxygens (including phenoxy) is 1. The molecule has 33 heavy (non-hydrogen) atoms. The zero-order valence-electron chi connectivity index (χ0n) is 19.3. The SMILES string of the molecule is CCN1CCCC1CNC(=O)CCc1cc(-c2cccc(OC)c2)n(-c2ccc(F)cc2)n1. The number of rotatable bonds is 9. The molecular formula is C26H31FN4O2. The summed E-state index contributed by atoms with van der Waals surface area (Å²) in [6.45, 7) is 5.00. The molecule has 1 amide bonds. The van der Waals surface area contributed by atoms with E-state index in [-0.39, 0.29) is 11.7 Å². The zero-order valence-corrected chi connectivity index (χ0v) is 19.3. The third-order valence-electron chi connectivity index (χ3n) is 6.24. The highest BCUT2D eigenvalue weighted by Crippen LogP contribution is 2.27. The largest absolute Gasteiger partial charge is 0.497 e. The van der Waals surface area contributed by atoms with Crippen molar-refractivity contribution < 1.29 is 13.9 Å². The normalized spacial score (nSPS) is 16.2. The maximum Gasteiger partial charge on any atom is 0.220 e. The van der Waals surface area contributed by atoms with Gasteiger partial charge in [0.1, 0.15) is 11.6 Å². The Labute approximate surface area is 194 Å². The number of aryl methyl sites for hydroxylation is 1. The number of nitrogens with zero attached hydrogens (tertiary/aromatic N) is 3. The number of benzene rings is 2. The zero-order chi connectivity index (χ0) is 23.2. The summed E-state index contributed by atoms with van der Waals surface area (Å²) in [6, 6.07) is 16.4. The van der Waals surface area contributed by atoms with Crippen LogP contribution in [0.3, 0.4) is 0 Å². The monoisotopic (exact) mass is 450 g/mol. The smallest absolute Gasteiger partial charge is 0.220 e. The van der Waals surface area contributed by atoms with Crippen molar-refractivity contribution in [2.45, 2.75) is 38.6 Å². The second kappa shape index (κ2) is 10.6. The van der Waals surface area contributed by atoms with Crippen LogP contribution in [0.5, 0.6) is 5.75 Å². The van der Waals surface area contributed by atoms with Crippen LogP contribution in [0, 0.1) is 5.82 Å². The summed E-state index contributed by atoms with van der Waals surface area (Å²) in [4.78, 5) is 14.9. The van der Waals surface area contributed by atoms with Crippen molar-refractivity contribution in [2.75, 3.05) is 26.7 Å². The van der Waals surface area contributed by atoms with E-state index in [1.807, 2.05) is 30.3 Å². The number of halogens is 1. The summed E-state index contributed by atoms with van der Waals surface area (Å²) in [7, 11) is 1.63. The van der Waals surface area contributed by atoms with Gasteiger partial charge in [0.05, 0.1) is 24.2 Å². The lowest BCUT2D eigenvalue weighted by Crippen LogP contribution is -2.40. The molecule has 174 valence electrons. The highest BCUT2D eigenvalue weighted by atomic mass is 19.1. The molecule has 1 saturated heterocycles. The Bertz CT molecular complexity index is 1080. The van der Waals surface area contributed by atoms with Gasteiger partial charge in [-0.05, 0) is 68.4 Å². The summed E-state index contributed by atoms with van der Waals surface area (Å²) in [5, 5.41) is 7.83. The van der Waals surface area contributed by atoms with E-state index in [9.17, 15) is 9.18 Å². The standard InChI is InChI=1S/C26H31FN4O2/c1-3-30-15-5-7-23(30)18-28-26(32)14-11-21-17-25(19-6-4-8-24(16-19)33-2)31(29-21)22-12-9-20(27)10-13-22/h4,6,8-10,12-13,16-17,23H,3,5,7,11,14-15,18H2,1-2H3,(H,28,32). The molecular weight excluding hydrogens is 419 g/mol. The van der Waals surface area contributed by atoms with Crippen molar-refractivity contribution in [1.82, 2.24) is 20.0 Å². The van der Waals surface area contributed by atoms with Crippen LogP contribution in [0.15, 0.2) is 54.6 Å². The van der Waals surface area contributed by atoms with E-state index in [0.717, 1.165) is 47.9 Å². The van der Waals surface area contributed by atoms with Crippen LogP contribution in [0.2, 0.25) is 0 Å². The van der Waals surface area contributed by atoms with Gasteiger partial charge in [-0.3, -0.25) is 9.69 Å². The quantitative estimate of drug-likeness (QED) is 0.530. The average molecular weight is 451 g/mol. The highest BCUT2D eigenvalue weighted by Gasteiger charge is 2.23. The van der Waals surface area contributed by atoms with Crippen LogP contribution < -0.4 is 10.1 Å². The predicted octanol–water partition coefficient (Wildman–Crippen LogP) is 4.22. The van der Waals surface area contributed by atoms with Crippen molar-refractivity contribution in [3.8, 4) is 22.7 Å². The second-order valence-corrected chi connectivity index (χ2v) is 8.37. The van der Waals surface area contributed by atoms with Gasteiger partial charge in [0.15, 0.2) is 0 Å². The predicted molar refractivity (Wildman–Crippen MR) is 127 cm³/mol. The lowest BCUT2D eigenvalue weighted by molar-refractivity contribution is -0.121. The highest BCUT2D eigenvalue weighted by molar-refractivity contribution is 5.76. The van der Waals surface area contributed by atoms with Gasteiger partial charge in [-0.25, -0.2) is 9.07 Å². The third kappa shape index (κ3) is 5.60. The van der Waals surface area contributed by atoms with Gasteiger partial charge in [-0.15, -0.1) is 0 Å². The van der Waals surface area contributed by atoms with Gasteiger partial charge in [0.25, 0.3) is 0 Å². The second-order valence-electron chi connectivity index (χ2n) is 8.37. The lowest BCUT2D eigenvalue weighted by atomic mass is 10.1. The maximum atomic E-state index is 13.5. The molecule has 4 rings (SSSR count). The van der Waals surface area contributed by atoms with E-state index in [4.69, 9.17) is 9.84 Å². The average Bonchev–Trinajstić information content (AvgIpc) is 3.49. The van der Waals surface area contributed by atoms with E-state index >= 15 is 0 Å². The van der Waals surface area contributed by atoms with Crippen LogP contribution in [0.1, 0.15) is 31.9 Å². The van der Waals surface area contributed by atoms with Crippen LogP contribution in [0.25, 0.3) is 16.9 Å².